The molecule has 7 heteroatoms. The van der Waals surface area contributed by atoms with Crippen molar-refractivity contribution in [3.63, 3.8) is 0 Å². The molecule has 1 N–H and O–H groups in total. The summed E-state index contributed by atoms with van der Waals surface area (Å²) in [6.07, 6.45) is 2.73. The number of nitrogens with one attached hydrogen (secondary N) is 1. The molecule has 0 saturated heterocycles. The minimum absolute atomic E-state index is 0.0230. The van der Waals surface area contributed by atoms with E-state index in [0.717, 1.165) is 30.5 Å². The average molecular weight is 424 g/mol. The number of amides is 1. The summed E-state index contributed by atoms with van der Waals surface area (Å²) in [5.74, 6) is 0.683. The summed E-state index contributed by atoms with van der Waals surface area (Å²) < 4.78 is 10.7. The van der Waals surface area contributed by atoms with Gasteiger partial charge in [-0.25, -0.2) is 0 Å². The lowest BCUT2D eigenvalue weighted by Crippen LogP contribution is -2.46. The van der Waals surface area contributed by atoms with Gasteiger partial charge in [0.1, 0.15) is 17.8 Å². The van der Waals surface area contributed by atoms with Gasteiger partial charge in [-0.15, -0.1) is 12.6 Å². The Labute approximate surface area is 182 Å². The van der Waals surface area contributed by atoms with Gasteiger partial charge in [-0.2, -0.15) is 5.26 Å². The van der Waals surface area contributed by atoms with Gasteiger partial charge in [0.05, 0.1) is 19.2 Å². The Morgan fingerprint density at radius 3 is 2.43 bits per heavy atom. The molecule has 3 rings (SSSR count). The Kier molecular flexibility index (Phi) is 6.91. The first kappa shape index (κ1) is 21.6. The molecule has 30 heavy (non-hydrogen) atoms. The van der Waals surface area contributed by atoms with E-state index in [9.17, 15) is 10.1 Å². The minimum atomic E-state index is -0.552. The largest absolute Gasteiger partial charge is 0.493 e. The summed E-state index contributed by atoms with van der Waals surface area (Å²) in [7, 11) is 3.13. The molecule has 1 atom stereocenters. The van der Waals surface area contributed by atoms with Crippen LogP contribution in [0.1, 0.15) is 37.1 Å². The van der Waals surface area contributed by atoms with Crippen LogP contribution >= 0.6 is 12.6 Å². The number of aryl methyl sites for hydroxylation is 1. The fourth-order valence-electron chi connectivity index (χ4n) is 3.44. The van der Waals surface area contributed by atoms with Gasteiger partial charge in [-0.1, -0.05) is 31.5 Å². The number of carbonyl (C=O) groups excluding carboxylic acids is 1. The van der Waals surface area contributed by atoms with E-state index in [2.05, 4.69) is 37.0 Å². The van der Waals surface area contributed by atoms with E-state index in [1.807, 2.05) is 35.2 Å². The van der Waals surface area contributed by atoms with Gasteiger partial charge in [-0.3, -0.25) is 4.79 Å². The molecule has 0 saturated carbocycles. The van der Waals surface area contributed by atoms with Crippen LogP contribution in [-0.2, 0) is 11.2 Å². The lowest BCUT2D eigenvalue weighted by atomic mass is 10.0. The van der Waals surface area contributed by atoms with E-state index in [4.69, 9.17) is 9.47 Å². The number of ether oxygens (including phenoxy) is 2. The molecular weight excluding hydrogens is 398 g/mol. The number of hydrogen-bond acceptors (Lipinski definition) is 6. The van der Waals surface area contributed by atoms with Crippen molar-refractivity contribution < 1.29 is 14.3 Å². The Balaban J connectivity index is 2.06. The minimum Gasteiger partial charge on any atom is -0.493 e. The number of carbonyl (C=O) groups is 1. The van der Waals surface area contributed by atoms with Gasteiger partial charge in [0, 0.05) is 5.69 Å². The topological polar surface area (TPSA) is 74.6 Å². The van der Waals surface area contributed by atoms with Gasteiger partial charge in [0.25, 0.3) is 5.91 Å². The number of benzene rings is 2. The summed E-state index contributed by atoms with van der Waals surface area (Å²) in [6.45, 7) is 2.17. The van der Waals surface area contributed by atoms with E-state index < -0.39 is 12.1 Å². The monoisotopic (exact) mass is 423 g/mol. The van der Waals surface area contributed by atoms with Crippen LogP contribution < -0.4 is 19.7 Å². The quantitative estimate of drug-likeness (QED) is 0.648. The second kappa shape index (κ2) is 9.59. The lowest BCUT2D eigenvalue weighted by Gasteiger charge is -2.38. The van der Waals surface area contributed by atoms with E-state index >= 15 is 0 Å². The maximum Gasteiger partial charge on any atom is 0.266 e. The van der Waals surface area contributed by atoms with Crippen molar-refractivity contribution in [3.8, 4) is 17.6 Å². The molecule has 0 bridgehead atoms. The van der Waals surface area contributed by atoms with E-state index in [1.165, 1.54) is 5.56 Å². The Morgan fingerprint density at radius 1 is 1.13 bits per heavy atom. The van der Waals surface area contributed by atoms with Crippen molar-refractivity contribution >= 4 is 24.2 Å². The number of rotatable bonds is 7. The molecule has 0 fully saturated rings. The van der Waals surface area contributed by atoms with Crippen LogP contribution in [0.2, 0.25) is 0 Å². The van der Waals surface area contributed by atoms with E-state index in [-0.39, 0.29) is 5.57 Å². The zero-order valence-electron chi connectivity index (χ0n) is 17.3. The van der Waals surface area contributed by atoms with Crippen LogP contribution in [0.15, 0.2) is 53.1 Å². The number of methoxy groups -OCH3 is 2. The number of nitriles is 1. The maximum atomic E-state index is 12.5. The molecule has 1 aliphatic heterocycles. The molecule has 6 nitrogen and oxygen atoms in total. The standard InChI is InChI=1S/C23H25N3O3S/c1-4-5-6-15-7-10-17(11-8-15)26-21(25-22(27)18(14-24)23(26)30)16-9-12-19(28-2)20(13-16)29-3/h7-13,21,30H,4-6H2,1-3H3,(H,25,27). The number of hydrogen-bond donors (Lipinski definition) is 2. The van der Waals surface area contributed by atoms with Gasteiger partial charge >= 0.3 is 0 Å². The maximum absolute atomic E-state index is 12.5. The fourth-order valence-corrected chi connectivity index (χ4v) is 3.82. The van der Waals surface area contributed by atoms with Crippen molar-refractivity contribution in [1.82, 2.24) is 5.32 Å². The van der Waals surface area contributed by atoms with Crippen molar-refractivity contribution in [2.24, 2.45) is 0 Å². The zero-order valence-corrected chi connectivity index (χ0v) is 18.2. The first-order valence-corrected chi connectivity index (χ1v) is 10.2. The highest BCUT2D eigenvalue weighted by Gasteiger charge is 2.34. The highest BCUT2D eigenvalue weighted by molar-refractivity contribution is 7.84. The summed E-state index contributed by atoms with van der Waals surface area (Å²) in [5, 5.41) is 12.7. The molecule has 2 aromatic rings. The normalized spacial score (nSPS) is 16.2. The number of unbranched alkanes of at least 4 members (excludes halogenated alkanes) is 1. The van der Waals surface area contributed by atoms with Gasteiger partial charge in [0.2, 0.25) is 0 Å². The summed E-state index contributed by atoms with van der Waals surface area (Å²) in [5.41, 5.74) is 2.83. The Morgan fingerprint density at radius 2 is 1.83 bits per heavy atom. The summed E-state index contributed by atoms with van der Waals surface area (Å²) >= 11 is 4.55. The molecule has 0 spiro atoms. The van der Waals surface area contributed by atoms with E-state index in [0.29, 0.717) is 16.5 Å². The summed E-state index contributed by atoms with van der Waals surface area (Å²) in [4.78, 5) is 14.4. The molecule has 2 aromatic carbocycles. The highest BCUT2D eigenvalue weighted by Crippen LogP contribution is 2.38. The molecule has 1 amide bonds. The van der Waals surface area contributed by atoms with Crippen LogP contribution in [-0.4, -0.2) is 20.1 Å². The lowest BCUT2D eigenvalue weighted by molar-refractivity contribution is -0.118. The highest BCUT2D eigenvalue weighted by atomic mass is 32.1. The zero-order chi connectivity index (χ0) is 21.7. The number of thiol groups is 1. The first-order valence-electron chi connectivity index (χ1n) is 9.78. The fraction of sp³-hybridized carbons (Fsp3) is 0.304. The third-order valence-electron chi connectivity index (χ3n) is 5.07. The Bertz CT molecular complexity index is 996. The smallest absolute Gasteiger partial charge is 0.266 e. The molecule has 0 aromatic heterocycles. The van der Waals surface area contributed by atoms with Gasteiger partial charge < -0.3 is 19.7 Å². The molecule has 1 unspecified atom stereocenters. The Hall–Kier alpha value is -3.11. The number of nitrogens with zero attached hydrogens (tertiary/aromatic N) is 2. The SMILES string of the molecule is CCCCc1ccc(N2C(S)=C(C#N)C(=O)NC2c2ccc(OC)c(OC)c2)cc1. The molecule has 0 radical (unpaired) electrons. The second-order valence-corrected chi connectivity index (χ2v) is 7.36. The van der Waals surface area contributed by atoms with Gasteiger partial charge in [0.15, 0.2) is 11.5 Å². The average Bonchev–Trinajstić information content (AvgIpc) is 2.77. The van der Waals surface area contributed by atoms with Crippen LogP contribution in [0.5, 0.6) is 11.5 Å². The number of anilines is 1. The molecular formula is C23H25N3O3S. The summed E-state index contributed by atoms with van der Waals surface area (Å²) in [6, 6.07) is 15.5. The van der Waals surface area contributed by atoms with Crippen LogP contribution in [0.4, 0.5) is 5.69 Å². The van der Waals surface area contributed by atoms with Crippen molar-refractivity contribution in [1.29, 1.82) is 5.26 Å². The first-order chi connectivity index (χ1) is 14.5. The van der Waals surface area contributed by atoms with Crippen LogP contribution in [0.3, 0.4) is 0 Å². The van der Waals surface area contributed by atoms with Crippen LogP contribution in [0.25, 0.3) is 0 Å². The molecule has 0 aliphatic carbocycles. The van der Waals surface area contributed by atoms with Crippen molar-refractivity contribution in [2.75, 3.05) is 19.1 Å². The second-order valence-electron chi connectivity index (χ2n) is 6.94. The van der Waals surface area contributed by atoms with Crippen LogP contribution in [0, 0.1) is 11.3 Å². The molecule has 1 heterocycles. The van der Waals surface area contributed by atoms with Gasteiger partial charge in [-0.05, 0) is 48.2 Å². The van der Waals surface area contributed by atoms with Crippen molar-refractivity contribution in [2.45, 2.75) is 32.4 Å². The molecule has 1 aliphatic rings. The predicted molar refractivity (Wildman–Crippen MR) is 120 cm³/mol. The van der Waals surface area contributed by atoms with E-state index in [1.54, 1.807) is 20.3 Å². The molecule has 156 valence electrons. The third-order valence-corrected chi connectivity index (χ3v) is 5.51. The third kappa shape index (κ3) is 4.24. The van der Waals surface area contributed by atoms with Crippen molar-refractivity contribution in [3.05, 3.63) is 64.2 Å². The predicted octanol–water partition coefficient (Wildman–Crippen LogP) is 4.35.